The SMILES string of the molecule is O=C(c1cccc2[nH]cnc12)N1CC(O)CC1c1ccc(F)c(F)c1. The number of nitrogens with zero attached hydrogens (tertiary/aromatic N) is 2. The van der Waals surface area contributed by atoms with Crippen LogP contribution in [0.4, 0.5) is 8.78 Å². The number of hydrogen-bond acceptors (Lipinski definition) is 3. The van der Waals surface area contributed by atoms with Crippen molar-refractivity contribution in [1.82, 2.24) is 14.9 Å². The van der Waals surface area contributed by atoms with Crippen LogP contribution in [0.25, 0.3) is 11.0 Å². The molecule has 5 nitrogen and oxygen atoms in total. The highest BCUT2D eigenvalue weighted by Gasteiger charge is 2.36. The molecular weight excluding hydrogens is 328 g/mol. The molecule has 1 amide bonds. The molecule has 3 aromatic rings. The average Bonchev–Trinajstić information content (AvgIpc) is 3.22. The van der Waals surface area contributed by atoms with Gasteiger partial charge in [-0.05, 0) is 36.2 Å². The van der Waals surface area contributed by atoms with Crippen LogP contribution in [0.3, 0.4) is 0 Å². The summed E-state index contributed by atoms with van der Waals surface area (Å²) in [4.78, 5) is 21.6. The molecule has 0 radical (unpaired) electrons. The molecule has 1 saturated heterocycles. The lowest BCUT2D eigenvalue weighted by atomic mass is 10.0. The van der Waals surface area contributed by atoms with Crippen LogP contribution in [-0.4, -0.2) is 38.5 Å². The molecule has 0 saturated carbocycles. The normalized spacial score (nSPS) is 20.4. The van der Waals surface area contributed by atoms with Crippen molar-refractivity contribution < 1.29 is 18.7 Å². The first kappa shape index (κ1) is 15.7. The van der Waals surface area contributed by atoms with Crippen LogP contribution in [0.5, 0.6) is 0 Å². The second-order valence-electron chi connectivity index (χ2n) is 6.14. The third kappa shape index (κ3) is 2.66. The number of para-hydroxylation sites is 1. The number of fused-ring (bicyclic) bond motifs is 1. The molecule has 128 valence electrons. The highest BCUT2D eigenvalue weighted by molar-refractivity contribution is 6.05. The van der Waals surface area contributed by atoms with Gasteiger partial charge < -0.3 is 15.0 Å². The van der Waals surface area contributed by atoms with Crippen molar-refractivity contribution in [1.29, 1.82) is 0 Å². The van der Waals surface area contributed by atoms with Crippen molar-refractivity contribution in [2.45, 2.75) is 18.6 Å². The maximum Gasteiger partial charge on any atom is 0.256 e. The van der Waals surface area contributed by atoms with E-state index >= 15 is 0 Å². The quantitative estimate of drug-likeness (QED) is 0.752. The molecule has 0 spiro atoms. The van der Waals surface area contributed by atoms with E-state index in [4.69, 9.17) is 0 Å². The van der Waals surface area contributed by atoms with E-state index in [0.717, 1.165) is 17.6 Å². The first-order valence-corrected chi connectivity index (χ1v) is 7.90. The molecule has 0 aliphatic carbocycles. The second-order valence-corrected chi connectivity index (χ2v) is 6.14. The second kappa shape index (κ2) is 5.93. The van der Waals surface area contributed by atoms with Gasteiger partial charge in [0.25, 0.3) is 5.91 Å². The Balaban J connectivity index is 1.73. The molecular formula is C18H15F2N3O2. The molecule has 4 rings (SSSR count). The number of benzene rings is 2. The predicted molar refractivity (Wildman–Crippen MR) is 86.9 cm³/mol. The summed E-state index contributed by atoms with van der Waals surface area (Å²) >= 11 is 0. The number of aromatic nitrogens is 2. The van der Waals surface area contributed by atoms with E-state index in [1.165, 1.54) is 17.3 Å². The Morgan fingerprint density at radius 2 is 2.08 bits per heavy atom. The van der Waals surface area contributed by atoms with E-state index in [0.29, 0.717) is 16.6 Å². The molecule has 2 heterocycles. The number of H-pyrrole nitrogens is 1. The largest absolute Gasteiger partial charge is 0.391 e. The molecule has 2 atom stereocenters. The van der Waals surface area contributed by atoms with E-state index in [1.54, 1.807) is 12.1 Å². The van der Waals surface area contributed by atoms with Gasteiger partial charge in [0.2, 0.25) is 0 Å². The van der Waals surface area contributed by atoms with E-state index in [-0.39, 0.29) is 18.9 Å². The van der Waals surface area contributed by atoms with Crippen LogP contribution in [-0.2, 0) is 0 Å². The van der Waals surface area contributed by atoms with Crippen LogP contribution in [0.2, 0.25) is 0 Å². The topological polar surface area (TPSA) is 69.2 Å². The predicted octanol–water partition coefficient (Wildman–Crippen LogP) is 2.79. The van der Waals surface area contributed by atoms with Gasteiger partial charge in [-0.2, -0.15) is 0 Å². The molecule has 2 unspecified atom stereocenters. The number of halogens is 2. The average molecular weight is 343 g/mol. The van der Waals surface area contributed by atoms with Crippen LogP contribution < -0.4 is 0 Å². The van der Waals surface area contributed by atoms with Gasteiger partial charge in [0, 0.05) is 6.54 Å². The number of likely N-dealkylation sites (tertiary alicyclic amines) is 1. The molecule has 1 aliphatic heterocycles. The zero-order chi connectivity index (χ0) is 17.6. The lowest BCUT2D eigenvalue weighted by molar-refractivity contribution is 0.0717. The number of nitrogens with one attached hydrogen (secondary N) is 1. The fraction of sp³-hybridized carbons (Fsp3) is 0.222. The third-order valence-electron chi connectivity index (χ3n) is 4.55. The lowest BCUT2D eigenvalue weighted by Gasteiger charge is -2.25. The van der Waals surface area contributed by atoms with Crippen LogP contribution in [0, 0.1) is 11.6 Å². The summed E-state index contributed by atoms with van der Waals surface area (Å²) in [5.41, 5.74) is 2.13. The summed E-state index contributed by atoms with van der Waals surface area (Å²) in [5, 5.41) is 10.0. The van der Waals surface area contributed by atoms with Crippen molar-refractivity contribution >= 4 is 16.9 Å². The van der Waals surface area contributed by atoms with Crippen LogP contribution in [0.1, 0.15) is 28.4 Å². The lowest BCUT2D eigenvalue weighted by Crippen LogP contribution is -2.32. The molecule has 0 bridgehead atoms. The summed E-state index contributed by atoms with van der Waals surface area (Å²) in [5.74, 6) is -2.22. The van der Waals surface area contributed by atoms with E-state index in [1.807, 2.05) is 6.07 Å². The number of rotatable bonds is 2. The van der Waals surface area contributed by atoms with Gasteiger partial charge in [-0.1, -0.05) is 12.1 Å². The molecule has 1 aliphatic rings. The third-order valence-corrected chi connectivity index (χ3v) is 4.55. The Morgan fingerprint density at radius 3 is 2.88 bits per heavy atom. The highest BCUT2D eigenvalue weighted by atomic mass is 19.2. The maximum absolute atomic E-state index is 13.6. The van der Waals surface area contributed by atoms with Gasteiger partial charge >= 0.3 is 0 Å². The van der Waals surface area contributed by atoms with Gasteiger partial charge in [-0.25, -0.2) is 13.8 Å². The number of aliphatic hydroxyl groups is 1. The fourth-order valence-electron chi connectivity index (χ4n) is 3.37. The van der Waals surface area contributed by atoms with E-state index in [2.05, 4.69) is 9.97 Å². The monoisotopic (exact) mass is 343 g/mol. The molecule has 2 aromatic carbocycles. The molecule has 1 fully saturated rings. The zero-order valence-electron chi connectivity index (χ0n) is 13.1. The number of aromatic amines is 1. The van der Waals surface area contributed by atoms with Gasteiger partial charge in [0.15, 0.2) is 11.6 Å². The Kier molecular flexibility index (Phi) is 3.73. The number of β-amino-alcohol motifs (C(OH)–C–C–N with tert-alkyl or cyclic N) is 1. The molecule has 7 heteroatoms. The number of carbonyl (C=O) groups excluding carboxylic acids is 1. The van der Waals surface area contributed by atoms with Gasteiger partial charge in [0.1, 0.15) is 5.52 Å². The van der Waals surface area contributed by atoms with Gasteiger partial charge in [-0.15, -0.1) is 0 Å². The fourth-order valence-corrected chi connectivity index (χ4v) is 3.37. The highest BCUT2D eigenvalue weighted by Crippen LogP contribution is 2.34. The van der Waals surface area contributed by atoms with Crippen molar-refractivity contribution in [2.75, 3.05) is 6.54 Å². The van der Waals surface area contributed by atoms with Crippen molar-refractivity contribution in [3.8, 4) is 0 Å². The summed E-state index contributed by atoms with van der Waals surface area (Å²) in [6.07, 6.45) is 1.06. The summed E-state index contributed by atoms with van der Waals surface area (Å²) in [6, 6.07) is 8.25. The Bertz CT molecular complexity index is 956. The maximum atomic E-state index is 13.6. The first-order valence-electron chi connectivity index (χ1n) is 7.90. The number of amides is 1. The minimum absolute atomic E-state index is 0.128. The standard InChI is InChI=1S/C18H15F2N3O2/c19-13-5-4-10(6-14(13)20)16-7-11(24)8-23(16)18(25)12-2-1-3-15-17(12)22-9-21-15/h1-6,9,11,16,24H,7-8H2,(H,21,22). The Hall–Kier alpha value is -2.80. The van der Waals surface area contributed by atoms with Crippen molar-refractivity contribution in [3.63, 3.8) is 0 Å². The molecule has 25 heavy (non-hydrogen) atoms. The first-order chi connectivity index (χ1) is 12.0. The number of aliphatic hydroxyl groups excluding tert-OH is 1. The number of imidazole rings is 1. The summed E-state index contributed by atoms with van der Waals surface area (Å²) < 4.78 is 26.8. The summed E-state index contributed by atoms with van der Waals surface area (Å²) in [7, 11) is 0. The molecule has 1 aromatic heterocycles. The van der Waals surface area contributed by atoms with Gasteiger partial charge in [0.05, 0.1) is 29.6 Å². The summed E-state index contributed by atoms with van der Waals surface area (Å²) in [6.45, 7) is 0.128. The van der Waals surface area contributed by atoms with Crippen molar-refractivity contribution in [2.24, 2.45) is 0 Å². The van der Waals surface area contributed by atoms with Crippen LogP contribution >= 0.6 is 0 Å². The number of carbonyl (C=O) groups is 1. The zero-order valence-corrected chi connectivity index (χ0v) is 13.1. The van der Waals surface area contributed by atoms with Gasteiger partial charge in [-0.3, -0.25) is 4.79 Å². The number of hydrogen-bond donors (Lipinski definition) is 2. The Labute approximate surface area is 141 Å². The minimum atomic E-state index is -0.972. The Morgan fingerprint density at radius 1 is 1.24 bits per heavy atom. The minimum Gasteiger partial charge on any atom is -0.391 e. The van der Waals surface area contributed by atoms with E-state index in [9.17, 15) is 18.7 Å². The smallest absolute Gasteiger partial charge is 0.256 e. The van der Waals surface area contributed by atoms with Crippen molar-refractivity contribution in [3.05, 3.63) is 65.5 Å². The van der Waals surface area contributed by atoms with Crippen LogP contribution in [0.15, 0.2) is 42.7 Å². The van der Waals surface area contributed by atoms with E-state index < -0.39 is 23.8 Å². The molecule has 2 N–H and O–H groups in total.